The Labute approximate surface area is 90.1 Å². The van der Waals surface area contributed by atoms with Crippen molar-refractivity contribution >= 4 is 17.5 Å². The van der Waals surface area contributed by atoms with Crippen LogP contribution in [0.1, 0.15) is 32.6 Å². The lowest BCUT2D eigenvalue weighted by molar-refractivity contribution is -0.126. The van der Waals surface area contributed by atoms with E-state index in [9.17, 15) is 4.79 Å². The second-order valence-electron chi connectivity index (χ2n) is 3.65. The van der Waals surface area contributed by atoms with E-state index in [1.165, 1.54) is 0 Å². The van der Waals surface area contributed by atoms with Crippen molar-refractivity contribution in [3.05, 3.63) is 0 Å². The molecule has 0 aromatic rings. The maximum atomic E-state index is 11.3. The quantitative estimate of drug-likeness (QED) is 0.731. The number of hydrogen-bond donors (Lipinski definition) is 1. The van der Waals surface area contributed by atoms with Gasteiger partial charge >= 0.3 is 0 Å². The van der Waals surface area contributed by atoms with Crippen molar-refractivity contribution in [3.63, 3.8) is 0 Å². The predicted octanol–water partition coefficient (Wildman–Crippen LogP) is 1.69. The summed E-state index contributed by atoms with van der Waals surface area (Å²) in [6.07, 6.45) is 3.99. The highest BCUT2D eigenvalue weighted by atomic mass is 35.5. The van der Waals surface area contributed by atoms with Gasteiger partial charge in [-0.2, -0.15) is 0 Å². The Kier molecular flexibility index (Phi) is 5.26. The summed E-state index contributed by atoms with van der Waals surface area (Å²) in [5.41, 5.74) is 0. The van der Waals surface area contributed by atoms with E-state index in [2.05, 4.69) is 5.32 Å². The van der Waals surface area contributed by atoms with Crippen LogP contribution in [-0.4, -0.2) is 30.5 Å². The maximum Gasteiger partial charge on any atom is 0.246 e. The standard InChI is InChI=1S/C10H18ClNO2/c1-2-14-7-10(13)12-9-5-3-8(11)4-6-9/h8-9H,2-7H2,1H3,(H,12,13). The third-order valence-electron chi connectivity index (χ3n) is 2.46. The highest BCUT2D eigenvalue weighted by Crippen LogP contribution is 2.22. The summed E-state index contributed by atoms with van der Waals surface area (Å²) in [7, 11) is 0. The van der Waals surface area contributed by atoms with Crippen LogP contribution in [0.3, 0.4) is 0 Å². The minimum absolute atomic E-state index is 0.00938. The molecule has 14 heavy (non-hydrogen) atoms. The van der Waals surface area contributed by atoms with E-state index in [0.29, 0.717) is 18.0 Å². The smallest absolute Gasteiger partial charge is 0.246 e. The Morgan fingerprint density at radius 3 is 2.64 bits per heavy atom. The average molecular weight is 220 g/mol. The molecule has 1 fully saturated rings. The lowest BCUT2D eigenvalue weighted by Crippen LogP contribution is -2.39. The molecule has 0 bridgehead atoms. The normalized spacial score (nSPS) is 27.3. The topological polar surface area (TPSA) is 38.3 Å². The van der Waals surface area contributed by atoms with Crippen LogP contribution in [0.15, 0.2) is 0 Å². The van der Waals surface area contributed by atoms with E-state index in [0.717, 1.165) is 25.7 Å². The van der Waals surface area contributed by atoms with E-state index in [1.54, 1.807) is 0 Å². The van der Waals surface area contributed by atoms with Crippen molar-refractivity contribution in [3.8, 4) is 0 Å². The minimum Gasteiger partial charge on any atom is -0.372 e. The first-order valence-electron chi connectivity index (χ1n) is 5.23. The van der Waals surface area contributed by atoms with Crippen LogP contribution < -0.4 is 5.32 Å². The SMILES string of the molecule is CCOCC(=O)NC1CCC(Cl)CC1. The first kappa shape index (κ1) is 11.8. The summed E-state index contributed by atoms with van der Waals surface area (Å²) >= 11 is 5.96. The van der Waals surface area contributed by atoms with Crippen LogP contribution in [0, 0.1) is 0 Å². The molecular weight excluding hydrogens is 202 g/mol. The summed E-state index contributed by atoms with van der Waals surface area (Å²) < 4.78 is 5.02. The highest BCUT2D eigenvalue weighted by molar-refractivity contribution is 6.20. The van der Waals surface area contributed by atoms with Gasteiger partial charge in [0.15, 0.2) is 0 Å². The molecule has 0 heterocycles. The number of hydrogen-bond acceptors (Lipinski definition) is 2. The van der Waals surface area contributed by atoms with Gasteiger partial charge in [-0.3, -0.25) is 4.79 Å². The zero-order chi connectivity index (χ0) is 10.4. The molecule has 1 amide bonds. The number of carbonyl (C=O) groups excluding carboxylic acids is 1. The fraction of sp³-hybridized carbons (Fsp3) is 0.900. The Morgan fingerprint density at radius 1 is 1.43 bits per heavy atom. The zero-order valence-electron chi connectivity index (χ0n) is 8.59. The molecule has 1 aliphatic rings. The summed E-state index contributed by atoms with van der Waals surface area (Å²) in [5, 5.41) is 3.25. The molecule has 3 nitrogen and oxygen atoms in total. The Morgan fingerprint density at radius 2 is 2.07 bits per heavy atom. The molecule has 0 atom stereocenters. The largest absolute Gasteiger partial charge is 0.372 e. The number of alkyl halides is 1. The summed E-state index contributed by atoms with van der Waals surface area (Å²) in [5.74, 6) is -0.00938. The van der Waals surface area contributed by atoms with Gasteiger partial charge < -0.3 is 10.1 Å². The third-order valence-corrected chi connectivity index (χ3v) is 2.90. The van der Waals surface area contributed by atoms with Gasteiger partial charge in [0.1, 0.15) is 6.61 Å². The molecule has 1 aliphatic carbocycles. The van der Waals surface area contributed by atoms with E-state index in [4.69, 9.17) is 16.3 Å². The molecule has 0 saturated heterocycles. The van der Waals surface area contributed by atoms with E-state index < -0.39 is 0 Å². The third kappa shape index (κ3) is 4.29. The van der Waals surface area contributed by atoms with E-state index in [-0.39, 0.29) is 12.5 Å². The van der Waals surface area contributed by atoms with Gasteiger partial charge in [-0.1, -0.05) is 0 Å². The average Bonchev–Trinajstić information content (AvgIpc) is 2.18. The van der Waals surface area contributed by atoms with Crippen molar-refractivity contribution in [1.29, 1.82) is 0 Å². The first-order valence-corrected chi connectivity index (χ1v) is 5.67. The van der Waals surface area contributed by atoms with Crippen LogP contribution in [0.4, 0.5) is 0 Å². The van der Waals surface area contributed by atoms with Crippen molar-refractivity contribution in [2.24, 2.45) is 0 Å². The number of ether oxygens (including phenoxy) is 1. The number of carbonyl (C=O) groups is 1. The number of rotatable bonds is 4. The fourth-order valence-corrected chi connectivity index (χ4v) is 1.91. The van der Waals surface area contributed by atoms with Gasteiger partial charge in [0.05, 0.1) is 0 Å². The summed E-state index contributed by atoms with van der Waals surface area (Å²) in [6, 6.07) is 0.304. The van der Waals surface area contributed by atoms with Crippen LogP contribution in [-0.2, 0) is 9.53 Å². The van der Waals surface area contributed by atoms with Crippen molar-refractivity contribution in [2.75, 3.05) is 13.2 Å². The Balaban J connectivity index is 2.14. The molecule has 1 saturated carbocycles. The molecule has 0 unspecified atom stereocenters. The lowest BCUT2D eigenvalue weighted by atomic mass is 9.95. The molecule has 4 heteroatoms. The first-order chi connectivity index (χ1) is 6.72. The Hall–Kier alpha value is -0.280. The van der Waals surface area contributed by atoms with Crippen LogP contribution in [0.5, 0.6) is 0 Å². The number of amides is 1. The van der Waals surface area contributed by atoms with Gasteiger partial charge in [0.2, 0.25) is 5.91 Å². The van der Waals surface area contributed by atoms with Gasteiger partial charge in [0, 0.05) is 18.0 Å². The predicted molar refractivity (Wildman–Crippen MR) is 56.5 cm³/mol. The van der Waals surface area contributed by atoms with Gasteiger partial charge in [-0.15, -0.1) is 11.6 Å². The van der Waals surface area contributed by atoms with Crippen molar-refractivity contribution in [1.82, 2.24) is 5.32 Å². The molecular formula is C10H18ClNO2. The van der Waals surface area contributed by atoms with Gasteiger partial charge in [-0.25, -0.2) is 0 Å². The molecule has 1 N–H and O–H groups in total. The number of nitrogens with one attached hydrogen (secondary N) is 1. The molecule has 82 valence electrons. The molecule has 0 aromatic heterocycles. The molecule has 0 radical (unpaired) electrons. The van der Waals surface area contributed by atoms with E-state index >= 15 is 0 Å². The van der Waals surface area contributed by atoms with Gasteiger partial charge in [0.25, 0.3) is 0 Å². The van der Waals surface area contributed by atoms with Crippen LogP contribution in [0.25, 0.3) is 0 Å². The van der Waals surface area contributed by atoms with Crippen molar-refractivity contribution < 1.29 is 9.53 Å². The second-order valence-corrected chi connectivity index (χ2v) is 4.27. The minimum atomic E-state index is -0.00938. The molecule has 1 rings (SSSR count). The lowest BCUT2D eigenvalue weighted by Gasteiger charge is -2.25. The van der Waals surface area contributed by atoms with Crippen molar-refractivity contribution in [2.45, 2.75) is 44.0 Å². The van der Waals surface area contributed by atoms with Crippen LogP contribution in [0.2, 0.25) is 0 Å². The molecule has 0 spiro atoms. The monoisotopic (exact) mass is 219 g/mol. The second kappa shape index (κ2) is 6.25. The fourth-order valence-electron chi connectivity index (χ4n) is 1.66. The Bertz CT molecular complexity index is 179. The molecule has 0 aromatic carbocycles. The number of halogens is 1. The summed E-state index contributed by atoms with van der Waals surface area (Å²) in [6.45, 7) is 2.64. The zero-order valence-corrected chi connectivity index (χ0v) is 9.35. The van der Waals surface area contributed by atoms with Gasteiger partial charge in [-0.05, 0) is 32.6 Å². The van der Waals surface area contributed by atoms with E-state index in [1.807, 2.05) is 6.92 Å². The maximum absolute atomic E-state index is 11.3. The van der Waals surface area contributed by atoms with Crippen LogP contribution >= 0.6 is 11.6 Å². The molecule has 0 aliphatic heterocycles. The summed E-state index contributed by atoms with van der Waals surface area (Å²) in [4.78, 5) is 11.3. The highest BCUT2D eigenvalue weighted by Gasteiger charge is 2.20.